The smallest absolute Gasteiger partial charge is 0.340 e. The second kappa shape index (κ2) is 9.89. The predicted octanol–water partition coefficient (Wildman–Crippen LogP) is 2.41. The molecule has 0 fully saturated rings. The van der Waals surface area contributed by atoms with Crippen molar-refractivity contribution in [3.05, 3.63) is 39.0 Å². The summed E-state index contributed by atoms with van der Waals surface area (Å²) in [6, 6.07) is 3.68. The van der Waals surface area contributed by atoms with E-state index in [4.69, 9.17) is 38.9 Å². The van der Waals surface area contributed by atoms with Crippen molar-refractivity contribution in [3.63, 3.8) is 0 Å². The molecule has 1 rings (SSSR count). The molecule has 1 aromatic rings. The highest BCUT2D eigenvalue weighted by Crippen LogP contribution is 2.29. The molecular formula is C17H19Cl2N3O5S. The van der Waals surface area contributed by atoms with Crippen LogP contribution in [0.4, 0.5) is 0 Å². The number of nitrogens with one attached hydrogen (secondary N) is 1. The summed E-state index contributed by atoms with van der Waals surface area (Å²) in [4.78, 5) is 23.8. The first kappa shape index (κ1) is 23.9. The predicted molar refractivity (Wildman–Crippen MR) is 104 cm³/mol. The Bertz CT molecular complexity index is 962. The van der Waals surface area contributed by atoms with Crippen molar-refractivity contribution in [2.45, 2.75) is 25.7 Å². The Labute approximate surface area is 173 Å². The molecule has 0 saturated heterocycles. The van der Waals surface area contributed by atoms with E-state index in [1.807, 2.05) is 13.8 Å². The molecule has 0 spiro atoms. The van der Waals surface area contributed by atoms with E-state index < -0.39 is 28.4 Å². The number of allylic oxidation sites excluding steroid dienone is 1. The van der Waals surface area contributed by atoms with Gasteiger partial charge in [0.25, 0.3) is 0 Å². The van der Waals surface area contributed by atoms with Crippen LogP contribution in [0, 0.1) is 17.2 Å². The topological polar surface area (TPSA) is 139 Å². The standard InChI is InChI=1S/C17H19Cl2N3O5S/c1-9(2)7-22-28(25,26)16-4-11(13(18)5-14(16)19)17(24)27-8-15(23)12(6-20)10(3)21/h4-5,9,22H,7-8,21H2,1-3H3. The molecular weight excluding hydrogens is 429 g/mol. The Hall–Kier alpha value is -2.12. The maximum Gasteiger partial charge on any atom is 0.340 e. The minimum Gasteiger partial charge on any atom is -0.454 e. The number of nitrogens with two attached hydrogens (primary N) is 1. The molecule has 0 radical (unpaired) electrons. The third kappa shape index (κ3) is 6.21. The Morgan fingerprint density at radius 2 is 1.89 bits per heavy atom. The molecule has 0 aliphatic carbocycles. The van der Waals surface area contributed by atoms with E-state index in [-0.39, 0.29) is 44.2 Å². The van der Waals surface area contributed by atoms with Gasteiger partial charge in [-0.2, -0.15) is 5.26 Å². The van der Waals surface area contributed by atoms with Crippen molar-refractivity contribution in [1.82, 2.24) is 4.72 Å². The lowest BCUT2D eigenvalue weighted by Gasteiger charge is -2.12. The van der Waals surface area contributed by atoms with Crippen LogP contribution in [0.1, 0.15) is 31.1 Å². The van der Waals surface area contributed by atoms with Crippen LogP contribution >= 0.6 is 23.2 Å². The number of carbonyl (C=O) groups is 2. The van der Waals surface area contributed by atoms with Crippen LogP contribution in [-0.2, 0) is 19.6 Å². The number of nitrogens with zero attached hydrogens (tertiary/aromatic N) is 1. The monoisotopic (exact) mass is 447 g/mol. The minimum atomic E-state index is -4.00. The van der Waals surface area contributed by atoms with Crippen LogP contribution in [-0.4, -0.2) is 33.3 Å². The molecule has 0 aromatic heterocycles. The number of halogens is 2. The van der Waals surface area contributed by atoms with Gasteiger partial charge in [0, 0.05) is 12.2 Å². The molecule has 0 amide bonds. The van der Waals surface area contributed by atoms with Gasteiger partial charge in [0.15, 0.2) is 6.61 Å². The number of ether oxygens (including phenoxy) is 1. The van der Waals surface area contributed by atoms with Gasteiger partial charge in [-0.25, -0.2) is 17.9 Å². The highest BCUT2D eigenvalue weighted by atomic mass is 35.5. The zero-order valence-electron chi connectivity index (χ0n) is 15.4. The quantitative estimate of drug-likeness (QED) is 0.354. The largest absolute Gasteiger partial charge is 0.454 e. The van der Waals surface area contributed by atoms with Crippen LogP contribution in [0.2, 0.25) is 10.0 Å². The third-order valence-corrected chi connectivity index (χ3v) is 5.53. The molecule has 0 heterocycles. The fourth-order valence-corrected chi connectivity index (χ4v) is 3.96. The van der Waals surface area contributed by atoms with E-state index >= 15 is 0 Å². The zero-order chi connectivity index (χ0) is 21.6. The van der Waals surface area contributed by atoms with Gasteiger partial charge >= 0.3 is 5.97 Å². The Morgan fingerprint density at radius 3 is 2.39 bits per heavy atom. The lowest BCUT2D eigenvalue weighted by Crippen LogP contribution is -2.28. The lowest BCUT2D eigenvalue weighted by molar-refractivity contribution is -0.118. The fraction of sp³-hybridized carbons (Fsp3) is 0.353. The number of rotatable bonds is 8. The van der Waals surface area contributed by atoms with Gasteiger partial charge in [-0.1, -0.05) is 37.0 Å². The molecule has 0 atom stereocenters. The summed E-state index contributed by atoms with van der Waals surface area (Å²) in [7, 11) is -4.00. The number of benzene rings is 1. The van der Waals surface area contributed by atoms with E-state index in [9.17, 15) is 18.0 Å². The van der Waals surface area contributed by atoms with Crippen molar-refractivity contribution in [3.8, 4) is 6.07 Å². The second-order valence-corrected chi connectivity index (χ2v) is 8.73. The molecule has 11 heteroatoms. The molecule has 152 valence electrons. The first-order valence-corrected chi connectivity index (χ1v) is 10.2. The van der Waals surface area contributed by atoms with E-state index in [1.165, 1.54) is 6.92 Å². The van der Waals surface area contributed by atoms with Crippen molar-refractivity contribution in [2.75, 3.05) is 13.2 Å². The molecule has 3 N–H and O–H groups in total. The zero-order valence-corrected chi connectivity index (χ0v) is 17.7. The summed E-state index contributed by atoms with van der Waals surface area (Å²) in [5, 5.41) is 8.55. The number of ketones is 1. The minimum absolute atomic E-state index is 0.0160. The molecule has 0 aliphatic heterocycles. The summed E-state index contributed by atoms with van der Waals surface area (Å²) < 4.78 is 32.0. The maximum absolute atomic E-state index is 12.4. The highest BCUT2D eigenvalue weighted by Gasteiger charge is 2.24. The van der Waals surface area contributed by atoms with Crippen molar-refractivity contribution >= 4 is 45.0 Å². The molecule has 0 bridgehead atoms. The van der Waals surface area contributed by atoms with Crippen molar-refractivity contribution in [1.29, 1.82) is 5.26 Å². The molecule has 0 unspecified atom stereocenters. The van der Waals surface area contributed by atoms with Crippen LogP contribution in [0.5, 0.6) is 0 Å². The average Bonchev–Trinajstić information content (AvgIpc) is 2.58. The van der Waals surface area contributed by atoms with E-state index in [0.717, 1.165) is 12.1 Å². The molecule has 8 nitrogen and oxygen atoms in total. The second-order valence-electron chi connectivity index (χ2n) is 6.18. The van der Waals surface area contributed by atoms with Crippen LogP contribution in [0.25, 0.3) is 0 Å². The SMILES string of the molecule is CC(N)=C(C#N)C(=O)COC(=O)c1cc(S(=O)(=O)NCC(C)C)c(Cl)cc1Cl. The first-order valence-electron chi connectivity index (χ1n) is 7.96. The number of Topliss-reactive ketones (excluding diaryl/α,β-unsaturated/α-hetero) is 1. The van der Waals surface area contributed by atoms with Crippen molar-refractivity contribution < 1.29 is 22.7 Å². The molecule has 1 aromatic carbocycles. The Balaban J connectivity index is 3.12. The molecule has 28 heavy (non-hydrogen) atoms. The van der Waals surface area contributed by atoms with Gasteiger partial charge in [0.05, 0.1) is 15.6 Å². The van der Waals surface area contributed by atoms with Gasteiger partial charge in [-0.3, -0.25) is 4.79 Å². The average molecular weight is 448 g/mol. The van der Waals surface area contributed by atoms with Gasteiger partial charge in [-0.05, 0) is 25.0 Å². The number of hydrogen-bond acceptors (Lipinski definition) is 7. The van der Waals surface area contributed by atoms with Crippen LogP contribution < -0.4 is 10.5 Å². The summed E-state index contributed by atoms with van der Waals surface area (Å²) in [5.74, 6) is -1.81. The fourth-order valence-electron chi connectivity index (χ4n) is 1.90. The summed E-state index contributed by atoms with van der Waals surface area (Å²) in [5.41, 5.74) is 4.76. The molecule has 0 aliphatic rings. The molecule has 0 saturated carbocycles. The number of carbonyl (C=O) groups excluding carboxylic acids is 2. The first-order chi connectivity index (χ1) is 12.9. The number of nitriles is 1. The lowest BCUT2D eigenvalue weighted by atomic mass is 10.1. The van der Waals surface area contributed by atoms with Gasteiger partial charge < -0.3 is 10.5 Å². The highest BCUT2D eigenvalue weighted by molar-refractivity contribution is 7.89. The Morgan fingerprint density at radius 1 is 1.29 bits per heavy atom. The van der Waals surface area contributed by atoms with Gasteiger partial charge in [0.1, 0.15) is 16.5 Å². The summed E-state index contributed by atoms with van der Waals surface area (Å²) in [6.07, 6.45) is 0. The van der Waals surface area contributed by atoms with Gasteiger partial charge in [-0.15, -0.1) is 0 Å². The van der Waals surface area contributed by atoms with E-state index in [1.54, 1.807) is 6.07 Å². The normalized spacial score (nSPS) is 12.3. The summed E-state index contributed by atoms with van der Waals surface area (Å²) >= 11 is 11.9. The van der Waals surface area contributed by atoms with Crippen LogP contribution in [0.3, 0.4) is 0 Å². The van der Waals surface area contributed by atoms with Crippen LogP contribution in [0.15, 0.2) is 28.3 Å². The van der Waals surface area contributed by atoms with E-state index in [0.29, 0.717) is 0 Å². The number of hydrogen-bond donors (Lipinski definition) is 2. The maximum atomic E-state index is 12.4. The third-order valence-electron chi connectivity index (χ3n) is 3.33. The van der Waals surface area contributed by atoms with E-state index in [2.05, 4.69) is 4.72 Å². The summed E-state index contributed by atoms with van der Waals surface area (Å²) in [6.45, 7) is 4.40. The number of sulfonamides is 1. The Kier molecular flexibility index (Phi) is 8.45. The van der Waals surface area contributed by atoms with Crippen molar-refractivity contribution in [2.24, 2.45) is 11.7 Å². The van der Waals surface area contributed by atoms with Gasteiger partial charge in [0.2, 0.25) is 15.8 Å². The number of esters is 1.